The molecule has 4 aromatic rings. The van der Waals surface area contributed by atoms with Gasteiger partial charge >= 0.3 is 0 Å². The molecule has 3 nitrogen and oxygen atoms in total. The van der Waals surface area contributed by atoms with E-state index < -0.39 is 0 Å². The van der Waals surface area contributed by atoms with Crippen LogP contribution in [0.25, 0.3) is 38.9 Å². The van der Waals surface area contributed by atoms with Gasteiger partial charge in [-0.15, -0.1) is 17.8 Å². The van der Waals surface area contributed by atoms with Crippen LogP contribution in [-0.2, 0) is 0 Å². The number of fused-ring (bicyclic) bond motifs is 1. The highest BCUT2D eigenvalue weighted by Gasteiger charge is 2.13. The maximum atomic E-state index is 6.17. The third-order valence-corrected chi connectivity index (χ3v) is 5.36. The van der Waals surface area contributed by atoms with Crippen LogP contribution < -0.4 is 0 Å². The molecule has 130 valence electrons. The lowest BCUT2D eigenvalue weighted by molar-refractivity contribution is 1.07. The van der Waals surface area contributed by atoms with Gasteiger partial charge in [0.2, 0.25) is 5.28 Å². The molecule has 0 spiro atoms. The summed E-state index contributed by atoms with van der Waals surface area (Å²) in [6.07, 6.45) is 9.74. The number of thiophene rings is 1. The number of benzene rings is 2. The molecule has 0 saturated heterocycles. The molecule has 0 radical (unpaired) electrons. The Hall–Kier alpha value is -3.00. The smallest absolute Gasteiger partial charge is 0.208 e. The van der Waals surface area contributed by atoms with E-state index in [2.05, 4.69) is 20.9 Å². The Morgan fingerprint density at radius 2 is 1.74 bits per heavy atom. The molecule has 0 unspecified atom stereocenters. The predicted molar refractivity (Wildman–Crippen MR) is 114 cm³/mol. The highest BCUT2D eigenvalue weighted by Crippen LogP contribution is 2.34. The van der Waals surface area contributed by atoms with E-state index in [0.29, 0.717) is 11.6 Å². The third-order valence-electron chi connectivity index (χ3n) is 4.08. The average Bonchev–Trinajstić information content (AvgIpc) is 3.04. The number of halogens is 1. The zero-order valence-electron chi connectivity index (χ0n) is 14.5. The van der Waals surface area contributed by atoms with Crippen molar-refractivity contribution in [3.05, 3.63) is 70.3 Å². The van der Waals surface area contributed by atoms with E-state index in [4.69, 9.17) is 18.0 Å². The molecule has 27 heavy (non-hydrogen) atoms. The summed E-state index contributed by atoms with van der Waals surface area (Å²) in [7, 11) is 0. The summed E-state index contributed by atoms with van der Waals surface area (Å²) in [6, 6.07) is 15.8. The molecule has 0 N–H and O–H groups in total. The molecule has 0 aliphatic rings. The largest absolute Gasteiger partial charge is 0.226 e. The second-order valence-corrected chi connectivity index (χ2v) is 7.24. The Morgan fingerprint density at radius 1 is 1.00 bits per heavy atom. The molecule has 2 aromatic carbocycles. The Kier molecular flexibility index (Phi) is 4.72. The van der Waals surface area contributed by atoms with Crippen molar-refractivity contribution in [3.63, 3.8) is 0 Å². The summed E-state index contributed by atoms with van der Waals surface area (Å²) in [6.45, 7) is 1.98. The lowest BCUT2D eigenvalue weighted by Crippen LogP contribution is -1.97. The maximum Gasteiger partial charge on any atom is 0.226 e. The summed E-state index contributed by atoms with van der Waals surface area (Å²) < 4.78 is 1.09. The van der Waals surface area contributed by atoms with Gasteiger partial charge in [0.15, 0.2) is 11.6 Å². The molecule has 0 aliphatic carbocycles. The molecule has 0 amide bonds. The molecule has 0 fully saturated rings. The van der Waals surface area contributed by atoms with Crippen molar-refractivity contribution in [3.8, 4) is 35.1 Å². The van der Waals surface area contributed by atoms with Gasteiger partial charge in [-0.2, -0.15) is 9.97 Å². The molecule has 0 bridgehead atoms. The molecular weight excluding hydrogens is 374 g/mol. The second-order valence-electron chi connectivity index (χ2n) is 5.81. The number of hydrogen-bond donors (Lipinski definition) is 0. The van der Waals surface area contributed by atoms with Crippen LogP contribution in [0.1, 0.15) is 17.4 Å². The number of aromatic nitrogens is 3. The van der Waals surface area contributed by atoms with Gasteiger partial charge in [-0.25, -0.2) is 4.98 Å². The highest BCUT2D eigenvalue weighted by atomic mass is 35.5. The monoisotopic (exact) mass is 387 g/mol. The van der Waals surface area contributed by atoms with Gasteiger partial charge in [-0.3, -0.25) is 0 Å². The zero-order chi connectivity index (χ0) is 18.8. The molecule has 2 heterocycles. The first kappa shape index (κ1) is 17.4. The Balaban J connectivity index is 1.85. The Labute approximate surface area is 166 Å². The minimum absolute atomic E-state index is 0.170. The van der Waals surface area contributed by atoms with Crippen LogP contribution in [0.15, 0.2) is 54.6 Å². The predicted octanol–water partition coefficient (Wildman–Crippen LogP) is 6.09. The van der Waals surface area contributed by atoms with Crippen LogP contribution >= 0.6 is 22.9 Å². The van der Waals surface area contributed by atoms with E-state index in [1.165, 1.54) is 0 Å². The number of terminal acetylenes is 1. The number of rotatable bonds is 3. The highest BCUT2D eigenvalue weighted by molar-refractivity contribution is 7.20. The van der Waals surface area contributed by atoms with E-state index in [1.807, 2.05) is 67.6 Å². The second kappa shape index (κ2) is 7.32. The first-order valence-electron chi connectivity index (χ1n) is 8.33. The van der Waals surface area contributed by atoms with Gasteiger partial charge in [-0.1, -0.05) is 54.5 Å². The summed E-state index contributed by atoms with van der Waals surface area (Å²) in [4.78, 5) is 14.3. The molecular formula is C22H14ClN3S. The van der Waals surface area contributed by atoms with E-state index in [0.717, 1.165) is 31.7 Å². The molecule has 0 aliphatic heterocycles. The Morgan fingerprint density at radius 3 is 2.44 bits per heavy atom. The quantitative estimate of drug-likeness (QED) is 0.399. The van der Waals surface area contributed by atoms with Crippen molar-refractivity contribution in [1.82, 2.24) is 15.0 Å². The van der Waals surface area contributed by atoms with Crippen LogP contribution in [-0.4, -0.2) is 15.0 Å². The Bertz CT molecular complexity index is 1200. The van der Waals surface area contributed by atoms with Gasteiger partial charge in [0.05, 0.1) is 5.56 Å². The first-order chi connectivity index (χ1) is 13.2. The molecule has 0 atom stereocenters. The average molecular weight is 388 g/mol. The van der Waals surface area contributed by atoms with Crippen LogP contribution in [0.3, 0.4) is 0 Å². The van der Waals surface area contributed by atoms with Crippen LogP contribution in [0.2, 0.25) is 5.28 Å². The molecule has 0 saturated carbocycles. The minimum Gasteiger partial charge on any atom is -0.208 e. The van der Waals surface area contributed by atoms with Crippen molar-refractivity contribution in [1.29, 1.82) is 0 Å². The fourth-order valence-corrected chi connectivity index (χ4v) is 4.21. The van der Waals surface area contributed by atoms with Gasteiger partial charge in [0.25, 0.3) is 0 Å². The van der Waals surface area contributed by atoms with Gasteiger partial charge < -0.3 is 0 Å². The van der Waals surface area contributed by atoms with Gasteiger partial charge in [-0.05, 0) is 30.7 Å². The lowest BCUT2D eigenvalue weighted by atomic mass is 10.1. The maximum absolute atomic E-state index is 6.17. The SMILES string of the molecule is C#Cc1c(/C=C\C)sc2cc(-c3nc(Cl)nc(-c4ccccc4)n3)ccc12. The van der Waals surface area contributed by atoms with Crippen LogP contribution in [0.4, 0.5) is 0 Å². The summed E-state index contributed by atoms with van der Waals surface area (Å²) in [5.74, 6) is 3.89. The summed E-state index contributed by atoms with van der Waals surface area (Å²) >= 11 is 7.82. The van der Waals surface area contributed by atoms with Gasteiger partial charge in [0.1, 0.15) is 0 Å². The number of allylic oxidation sites excluding steroid dienone is 1. The van der Waals surface area contributed by atoms with Crippen molar-refractivity contribution in [2.45, 2.75) is 6.92 Å². The standard InChI is InChI=1S/C22H14ClN3S/c1-3-8-18-16(4-2)17-12-11-15(13-19(17)27-18)21-24-20(25-22(23)26-21)14-9-6-5-7-10-14/h2-3,5-13H,1H3/b8-3-. The van der Waals surface area contributed by atoms with E-state index in [9.17, 15) is 0 Å². The summed E-state index contributed by atoms with van der Waals surface area (Å²) in [5, 5.41) is 1.23. The van der Waals surface area contributed by atoms with E-state index in [1.54, 1.807) is 11.3 Å². The third kappa shape index (κ3) is 3.35. The zero-order valence-corrected chi connectivity index (χ0v) is 16.1. The van der Waals surface area contributed by atoms with E-state index >= 15 is 0 Å². The topological polar surface area (TPSA) is 38.7 Å². The van der Waals surface area contributed by atoms with Crippen molar-refractivity contribution in [2.24, 2.45) is 0 Å². The van der Waals surface area contributed by atoms with Gasteiger partial charge in [0, 0.05) is 26.1 Å². The molecule has 5 heteroatoms. The fourth-order valence-electron chi connectivity index (χ4n) is 2.87. The molecule has 4 rings (SSSR count). The van der Waals surface area contributed by atoms with Crippen molar-refractivity contribution >= 4 is 39.1 Å². The minimum atomic E-state index is 0.170. The normalized spacial score (nSPS) is 11.1. The van der Waals surface area contributed by atoms with Crippen LogP contribution in [0.5, 0.6) is 0 Å². The van der Waals surface area contributed by atoms with Crippen LogP contribution in [0, 0.1) is 12.3 Å². The molecule has 2 aromatic heterocycles. The first-order valence-corrected chi connectivity index (χ1v) is 9.52. The number of nitrogens with zero attached hydrogens (tertiary/aromatic N) is 3. The lowest BCUT2D eigenvalue weighted by Gasteiger charge is -2.05. The van der Waals surface area contributed by atoms with Crippen molar-refractivity contribution in [2.75, 3.05) is 0 Å². The number of hydrogen-bond acceptors (Lipinski definition) is 4. The fraction of sp³-hybridized carbons (Fsp3) is 0.0455. The van der Waals surface area contributed by atoms with E-state index in [-0.39, 0.29) is 5.28 Å². The summed E-state index contributed by atoms with van der Waals surface area (Å²) in [5.41, 5.74) is 2.68. The van der Waals surface area contributed by atoms with Crippen molar-refractivity contribution < 1.29 is 0 Å².